The van der Waals surface area contributed by atoms with Crippen LogP contribution in [0.25, 0.3) is 0 Å². The van der Waals surface area contributed by atoms with Crippen LogP contribution in [0.15, 0.2) is 36.4 Å². The molecule has 0 radical (unpaired) electrons. The number of nitrogen functional groups attached to an aromatic ring is 1. The van der Waals surface area contributed by atoms with Gasteiger partial charge in [0.05, 0.1) is 5.56 Å². The van der Waals surface area contributed by atoms with E-state index in [1.54, 1.807) is 0 Å². The number of nitrogens with two attached hydrogens (primary N) is 1. The zero-order valence-electron chi connectivity index (χ0n) is 9.84. The van der Waals surface area contributed by atoms with Gasteiger partial charge in [0.2, 0.25) is 0 Å². The third-order valence-corrected chi connectivity index (χ3v) is 2.38. The minimum absolute atomic E-state index is 0.202. The molecule has 0 aliphatic heterocycles. The van der Waals surface area contributed by atoms with Crippen molar-refractivity contribution in [2.45, 2.75) is 6.18 Å². The third-order valence-electron chi connectivity index (χ3n) is 2.38. The molecule has 2 aromatic rings. The van der Waals surface area contributed by atoms with Crippen molar-refractivity contribution >= 4 is 5.69 Å². The summed E-state index contributed by atoms with van der Waals surface area (Å²) in [4.78, 5) is 0. The van der Waals surface area contributed by atoms with Crippen LogP contribution in [0.4, 0.5) is 27.6 Å². The molecule has 2 nitrogen and oxygen atoms in total. The Bertz CT molecular complexity index is 639. The number of hydrogen-bond donors (Lipinski definition) is 1. The predicted octanol–water partition coefficient (Wildman–Crippen LogP) is 4.36. The van der Waals surface area contributed by atoms with Gasteiger partial charge in [0.25, 0.3) is 0 Å². The third kappa shape index (κ3) is 3.17. The summed E-state index contributed by atoms with van der Waals surface area (Å²) in [6.45, 7) is 0. The second-order valence-electron chi connectivity index (χ2n) is 3.97. The van der Waals surface area contributed by atoms with Gasteiger partial charge >= 0.3 is 6.18 Å². The molecule has 0 aromatic heterocycles. The first-order valence-corrected chi connectivity index (χ1v) is 5.36. The van der Waals surface area contributed by atoms with Crippen molar-refractivity contribution < 1.29 is 26.7 Å². The van der Waals surface area contributed by atoms with Crippen molar-refractivity contribution in [3.63, 3.8) is 0 Å². The fraction of sp³-hybridized carbons (Fsp3) is 0.0769. The first-order valence-electron chi connectivity index (χ1n) is 5.36. The Kier molecular flexibility index (Phi) is 3.52. The molecule has 7 heteroatoms. The molecule has 0 unspecified atom stereocenters. The molecule has 0 heterocycles. The number of hydrogen-bond acceptors (Lipinski definition) is 2. The normalized spacial score (nSPS) is 11.4. The molecule has 2 N–H and O–H groups in total. The monoisotopic (exact) mass is 289 g/mol. The van der Waals surface area contributed by atoms with Crippen LogP contribution in [-0.2, 0) is 6.18 Å². The van der Waals surface area contributed by atoms with Gasteiger partial charge in [-0.1, -0.05) is 0 Å². The maximum atomic E-state index is 13.3. The van der Waals surface area contributed by atoms with Gasteiger partial charge in [0.15, 0.2) is 11.6 Å². The highest BCUT2D eigenvalue weighted by Gasteiger charge is 2.31. The van der Waals surface area contributed by atoms with Crippen molar-refractivity contribution in [3.05, 3.63) is 53.6 Å². The topological polar surface area (TPSA) is 35.2 Å². The van der Waals surface area contributed by atoms with Gasteiger partial charge in [0.1, 0.15) is 11.6 Å². The van der Waals surface area contributed by atoms with E-state index in [4.69, 9.17) is 10.5 Å². The fourth-order valence-electron chi connectivity index (χ4n) is 1.53. The molecule has 0 aliphatic rings. The number of benzene rings is 2. The van der Waals surface area contributed by atoms with Gasteiger partial charge < -0.3 is 10.5 Å². The first kappa shape index (κ1) is 14.1. The Labute approximate surface area is 110 Å². The summed E-state index contributed by atoms with van der Waals surface area (Å²) in [6.07, 6.45) is -4.62. The average molecular weight is 289 g/mol. The van der Waals surface area contributed by atoms with Crippen molar-refractivity contribution in [2.75, 3.05) is 5.73 Å². The Morgan fingerprint density at radius 1 is 0.950 bits per heavy atom. The molecule has 0 aliphatic carbocycles. The summed E-state index contributed by atoms with van der Waals surface area (Å²) in [6, 6.07) is 4.85. The number of halogens is 5. The van der Waals surface area contributed by atoms with Gasteiger partial charge in [-0.25, -0.2) is 8.78 Å². The van der Waals surface area contributed by atoms with E-state index < -0.39 is 29.1 Å². The van der Waals surface area contributed by atoms with E-state index >= 15 is 0 Å². The van der Waals surface area contributed by atoms with E-state index in [9.17, 15) is 22.0 Å². The van der Waals surface area contributed by atoms with Gasteiger partial charge in [0, 0.05) is 17.8 Å². The molecule has 0 saturated carbocycles. The summed E-state index contributed by atoms with van der Waals surface area (Å²) in [5.41, 5.74) is 4.09. The molecular formula is C13H8F5NO. The Morgan fingerprint density at radius 3 is 2.30 bits per heavy atom. The molecule has 2 aromatic carbocycles. The lowest BCUT2D eigenvalue weighted by molar-refractivity contribution is -0.137. The lowest BCUT2D eigenvalue weighted by atomic mass is 10.2. The van der Waals surface area contributed by atoms with Gasteiger partial charge in [-0.15, -0.1) is 0 Å². The molecule has 0 spiro atoms. The second kappa shape index (κ2) is 4.99. The van der Waals surface area contributed by atoms with Crippen molar-refractivity contribution in [2.24, 2.45) is 0 Å². The van der Waals surface area contributed by atoms with Crippen LogP contribution in [0.1, 0.15) is 5.56 Å². The highest BCUT2D eigenvalue weighted by atomic mass is 19.4. The minimum Gasteiger partial charge on any atom is -0.454 e. The fourth-order valence-corrected chi connectivity index (χ4v) is 1.53. The molecule has 0 bridgehead atoms. The van der Waals surface area contributed by atoms with E-state index in [0.29, 0.717) is 6.07 Å². The molecule has 20 heavy (non-hydrogen) atoms. The number of anilines is 1. The molecular weight excluding hydrogens is 281 g/mol. The maximum absolute atomic E-state index is 13.3. The summed E-state index contributed by atoms with van der Waals surface area (Å²) < 4.78 is 69.0. The van der Waals surface area contributed by atoms with Crippen LogP contribution >= 0.6 is 0 Å². The van der Waals surface area contributed by atoms with Crippen LogP contribution in [-0.4, -0.2) is 0 Å². The first-order chi connectivity index (χ1) is 9.25. The lowest BCUT2D eigenvalue weighted by Crippen LogP contribution is -2.06. The summed E-state index contributed by atoms with van der Waals surface area (Å²) >= 11 is 0. The number of alkyl halides is 3. The largest absolute Gasteiger partial charge is 0.454 e. The van der Waals surface area contributed by atoms with Gasteiger partial charge in [-0.05, 0) is 24.3 Å². The Morgan fingerprint density at radius 2 is 1.65 bits per heavy atom. The summed E-state index contributed by atoms with van der Waals surface area (Å²) in [5.74, 6) is -2.53. The van der Waals surface area contributed by atoms with Crippen LogP contribution < -0.4 is 10.5 Å². The summed E-state index contributed by atoms with van der Waals surface area (Å²) in [7, 11) is 0. The van der Waals surface area contributed by atoms with Gasteiger partial charge in [-0.3, -0.25) is 0 Å². The zero-order valence-corrected chi connectivity index (χ0v) is 9.84. The zero-order chi connectivity index (χ0) is 14.9. The smallest absolute Gasteiger partial charge is 0.416 e. The molecule has 0 atom stereocenters. The van der Waals surface area contributed by atoms with Crippen LogP contribution in [0.3, 0.4) is 0 Å². The van der Waals surface area contributed by atoms with Crippen LogP contribution in [0, 0.1) is 11.6 Å². The highest BCUT2D eigenvalue weighted by Crippen LogP contribution is 2.35. The van der Waals surface area contributed by atoms with E-state index in [1.807, 2.05) is 0 Å². The van der Waals surface area contributed by atoms with E-state index in [-0.39, 0.29) is 11.4 Å². The Balaban J connectivity index is 2.39. The SMILES string of the molecule is Nc1cc(Oc2cc(F)ccc2F)cc(C(F)(F)F)c1. The lowest BCUT2D eigenvalue weighted by Gasteiger charge is -2.12. The molecule has 0 saturated heterocycles. The van der Waals surface area contributed by atoms with Crippen molar-refractivity contribution in [1.29, 1.82) is 0 Å². The maximum Gasteiger partial charge on any atom is 0.416 e. The van der Waals surface area contributed by atoms with Crippen LogP contribution in [0.2, 0.25) is 0 Å². The van der Waals surface area contributed by atoms with E-state index in [1.165, 1.54) is 0 Å². The molecule has 0 amide bonds. The van der Waals surface area contributed by atoms with Crippen molar-refractivity contribution in [1.82, 2.24) is 0 Å². The highest BCUT2D eigenvalue weighted by molar-refractivity contribution is 5.49. The standard InChI is InChI=1S/C13H8F5NO/c14-8-1-2-11(15)12(5-8)20-10-4-7(13(16,17)18)3-9(19)6-10/h1-6H,19H2. The van der Waals surface area contributed by atoms with Gasteiger partial charge in [-0.2, -0.15) is 13.2 Å². The molecule has 0 fully saturated rings. The number of ether oxygens (including phenoxy) is 1. The quantitative estimate of drug-likeness (QED) is 0.658. The molecule has 106 valence electrons. The average Bonchev–Trinajstić information content (AvgIpc) is 2.32. The minimum atomic E-state index is -4.62. The Hall–Kier alpha value is -2.31. The van der Waals surface area contributed by atoms with Crippen molar-refractivity contribution in [3.8, 4) is 11.5 Å². The predicted molar refractivity (Wildman–Crippen MR) is 62.3 cm³/mol. The second-order valence-corrected chi connectivity index (χ2v) is 3.97. The molecule has 2 rings (SSSR count). The van der Waals surface area contributed by atoms with E-state index in [0.717, 1.165) is 30.3 Å². The number of rotatable bonds is 2. The van der Waals surface area contributed by atoms with E-state index in [2.05, 4.69) is 0 Å². The van der Waals surface area contributed by atoms with Crippen LogP contribution in [0.5, 0.6) is 11.5 Å². The summed E-state index contributed by atoms with van der Waals surface area (Å²) in [5, 5.41) is 0.